The summed E-state index contributed by atoms with van der Waals surface area (Å²) in [6, 6.07) is 0. The maximum absolute atomic E-state index is 10.2. The van der Waals surface area contributed by atoms with Crippen LogP contribution >= 0.6 is 0 Å². The molecule has 0 aromatic heterocycles. The van der Waals surface area contributed by atoms with E-state index in [1.54, 1.807) is 0 Å². The first-order valence-corrected chi connectivity index (χ1v) is 7.68. The highest BCUT2D eigenvalue weighted by Gasteiger charge is 2.38. The minimum Gasteiger partial charge on any atom is -0.382 e. The lowest BCUT2D eigenvalue weighted by molar-refractivity contribution is 0.135. The van der Waals surface area contributed by atoms with Gasteiger partial charge in [0, 0.05) is 11.8 Å². The Balaban J connectivity index is 2.29. The average Bonchev–Trinajstić information content (AvgIpc) is 2.35. The molecule has 0 radical (unpaired) electrons. The molecule has 2 rings (SSSR count). The van der Waals surface area contributed by atoms with Gasteiger partial charge in [0.15, 0.2) is 0 Å². The van der Waals surface area contributed by atoms with Gasteiger partial charge in [0.05, 0.1) is 0 Å². The summed E-state index contributed by atoms with van der Waals surface area (Å²) in [5.74, 6) is 0.527. The van der Waals surface area contributed by atoms with Gasteiger partial charge in [0.2, 0.25) is 0 Å². The van der Waals surface area contributed by atoms with Crippen molar-refractivity contribution in [1.82, 2.24) is 0 Å². The fourth-order valence-electron chi connectivity index (χ4n) is 2.98. The second-order valence-electron chi connectivity index (χ2n) is 7.59. The molecule has 116 valence electrons. The average molecular weight is 288 g/mol. The maximum Gasteiger partial charge on any atom is 0.101 e. The topological polar surface area (TPSA) is 40.5 Å². The van der Waals surface area contributed by atoms with E-state index in [-0.39, 0.29) is 17.3 Å². The summed E-state index contributed by atoms with van der Waals surface area (Å²) in [5.41, 5.74) is 0.322. The third-order valence-electron chi connectivity index (χ3n) is 5.43. The Morgan fingerprint density at radius 1 is 0.857 bits per heavy atom. The molecule has 2 aliphatic rings. The quantitative estimate of drug-likeness (QED) is 0.759. The Morgan fingerprint density at radius 3 is 1.48 bits per heavy atom. The van der Waals surface area contributed by atoms with Gasteiger partial charge in [-0.15, -0.1) is 0 Å². The second-order valence-corrected chi connectivity index (χ2v) is 7.59. The van der Waals surface area contributed by atoms with Gasteiger partial charge < -0.3 is 10.2 Å². The number of hydrogen-bond donors (Lipinski definition) is 2. The first-order chi connectivity index (χ1) is 9.47. The first-order valence-electron chi connectivity index (χ1n) is 7.68. The van der Waals surface area contributed by atoms with Crippen molar-refractivity contribution in [3.63, 3.8) is 0 Å². The van der Waals surface area contributed by atoms with E-state index in [0.717, 1.165) is 11.1 Å². The largest absolute Gasteiger partial charge is 0.382 e. The maximum atomic E-state index is 10.2. The van der Waals surface area contributed by atoms with Crippen molar-refractivity contribution in [3.05, 3.63) is 47.6 Å². The SMILES string of the molecule is CC1=CC(C(C)(C)C2C=CC(C)(O)C(C)=C2)C=CC1(C)O. The summed E-state index contributed by atoms with van der Waals surface area (Å²) in [7, 11) is 0. The molecule has 2 N–H and O–H groups in total. The van der Waals surface area contributed by atoms with Crippen LogP contribution in [0.5, 0.6) is 0 Å². The van der Waals surface area contributed by atoms with Crippen LogP contribution in [0.1, 0.15) is 41.5 Å². The molecule has 4 atom stereocenters. The van der Waals surface area contributed by atoms with Crippen LogP contribution in [0.15, 0.2) is 47.6 Å². The number of allylic oxidation sites excluding steroid dienone is 4. The van der Waals surface area contributed by atoms with Crippen molar-refractivity contribution in [2.75, 3.05) is 0 Å². The van der Waals surface area contributed by atoms with Gasteiger partial charge >= 0.3 is 0 Å². The lowest BCUT2D eigenvalue weighted by atomic mass is 9.64. The van der Waals surface area contributed by atoms with E-state index in [1.807, 2.05) is 39.8 Å². The summed E-state index contributed by atoms with van der Waals surface area (Å²) in [5, 5.41) is 20.5. The molecule has 0 saturated carbocycles. The number of aliphatic hydroxyl groups is 2. The minimum atomic E-state index is -0.829. The third-order valence-corrected chi connectivity index (χ3v) is 5.43. The van der Waals surface area contributed by atoms with Crippen molar-refractivity contribution in [3.8, 4) is 0 Å². The smallest absolute Gasteiger partial charge is 0.101 e. The molecule has 2 nitrogen and oxygen atoms in total. The molecule has 0 fully saturated rings. The summed E-state index contributed by atoms with van der Waals surface area (Å²) >= 11 is 0. The molecular weight excluding hydrogens is 260 g/mol. The van der Waals surface area contributed by atoms with Gasteiger partial charge in [-0.2, -0.15) is 0 Å². The molecule has 2 aliphatic carbocycles. The van der Waals surface area contributed by atoms with Gasteiger partial charge in [-0.1, -0.05) is 50.3 Å². The molecular formula is C19H28O2. The molecule has 21 heavy (non-hydrogen) atoms. The van der Waals surface area contributed by atoms with Crippen molar-refractivity contribution in [2.24, 2.45) is 17.3 Å². The van der Waals surface area contributed by atoms with Gasteiger partial charge in [-0.05, 0) is 44.3 Å². The minimum absolute atomic E-state index is 0.0114. The highest BCUT2D eigenvalue weighted by molar-refractivity contribution is 5.34. The lowest BCUT2D eigenvalue weighted by Gasteiger charge is -2.41. The van der Waals surface area contributed by atoms with Crippen LogP contribution in [0.3, 0.4) is 0 Å². The summed E-state index contributed by atoms with van der Waals surface area (Å²) in [6.45, 7) is 12.1. The predicted octanol–water partition coefficient (Wildman–Crippen LogP) is 3.78. The van der Waals surface area contributed by atoms with Crippen molar-refractivity contribution in [2.45, 2.75) is 52.7 Å². The molecule has 0 aromatic carbocycles. The van der Waals surface area contributed by atoms with E-state index >= 15 is 0 Å². The van der Waals surface area contributed by atoms with E-state index in [2.05, 4.69) is 38.2 Å². The summed E-state index contributed by atoms with van der Waals surface area (Å²) in [6.07, 6.45) is 12.4. The van der Waals surface area contributed by atoms with Gasteiger partial charge in [-0.3, -0.25) is 0 Å². The Labute approximate surface area is 128 Å². The Bertz CT molecular complexity index is 494. The van der Waals surface area contributed by atoms with Gasteiger partial charge in [-0.25, -0.2) is 0 Å². The zero-order valence-electron chi connectivity index (χ0n) is 14.0. The van der Waals surface area contributed by atoms with Crippen molar-refractivity contribution >= 4 is 0 Å². The summed E-state index contributed by atoms with van der Waals surface area (Å²) in [4.78, 5) is 0. The molecule has 0 heterocycles. The first kappa shape index (κ1) is 16.3. The third kappa shape index (κ3) is 2.93. The number of rotatable bonds is 2. The summed E-state index contributed by atoms with van der Waals surface area (Å²) < 4.78 is 0. The Hall–Kier alpha value is -1.12. The highest BCUT2D eigenvalue weighted by atomic mass is 16.3. The van der Waals surface area contributed by atoms with Crippen LogP contribution in [0, 0.1) is 17.3 Å². The van der Waals surface area contributed by atoms with Crippen LogP contribution in [-0.4, -0.2) is 21.4 Å². The van der Waals surface area contributed by atoms with E-state index in [4.69, 9.17) is 0 Å². The molecule has 0 aromatic rings. The Kier molecular flexibility index (Phi) is 3.84. The van der Waals surface area contributed by atoms with Crippen LogP contribution in [0.2, 0.25) is 0 Å². The highest BCUT2D eigenvalue weighted by Crippen LogP contribution is 2.44. The number of hydrogen-bond acceptors (Lipinski definition) is 2. The molecule has 0 aliphatic heterocycles. The zero-order chi connectivity index (χ0) is 16.1. The standard InChI is InChI=1S/C19H28O2/c1-13-11-15(7-9-18(13,5)20)17(3,4)16-8-10-19(6,21)14(2)12-16/h7-12,15-16,20-21H,1-6H3. The van der Waals surface area contributed by atoms with E-state index in [0.29, 0.717) is 0 Å². The van der Waals surface area contributed by atoms with E-state index in [1.165, 1.54) is 0 Å². The van der Waals surface area contributed by atoms with Crippen molar-refractivity contribution < 1.29 is 10.2 Å². The molecule has 4 unspecified atom stereocenters. The Morgan fingerprint density at radius 2 is 1.19 bits per heavy atom. The van der Waals surface area contributed by atoms with E-state index in [9.17, 15) is 10.2 Å². The normalized spacial score (nSPS) is 40.0. The van der Waals surface area contributed by atoms with Crippen molar-refractivity contribution in [1.29, 1.82) is 0 Å². The van der Waals surface area contributed by atoms with Gasteiger partial charge in [0.25, 0.3) is 0 Å². The second kappa shape index (κ2) is 4.96. The monoisotopic (exact) mass is 288 g/mol. The zero-order valence-corrected chi connectivity index (χ0v) is 14.0. The molecule has 0 bridgehead atoms. The molecule has 0 saturated heterocycles. The fourth-order valence-corrected chi connectivity index (χ4v) is 2.98. The fraction of sp³-hybridized carbons (Fsp3) is 0.579. The van der Waals surface area contributed by atoms with Crippen LogP contribution in [0.25, 0.3) is 0 Å². The van der Waals surface area contributed by atoms with Crippen LogP contribution in [-0.2, 0) is 0 Å². The van der Waals surface area contributed by atoms with Crippen LogP contribution < -0.4 is 0 Å². The molecule has 0 spiro atoms. The lowest BCUT2D eigenvalue weighted by Crippen LogP contribution is -2.36. The van der Waals surface area contributed by atoms with Gasteiger partial charge in [0.1, 0.15) is 11.2 Å². The van der Waals surface area contributed by atoms with E-state index < -0.39 is 11.2 Å². The predicted molar refractivity (Wildman–Crippen MR) is 87.8 cm³/mol. The molecule has 0 amide bonds. The molecule has 2 heteroatoms. The van der Waals surface area contributed by atoms with Crippen LogP contribution in [0.4, 0.5) is 0 Å².